The molecule has 1 aromatic heterocycles. The largest absolute Gasteiger partial charge is 0.772 e. The maximum absolute atomic E-state index is 11.4. The number of pyridine rings is 1. The first-order valence-electron chi connectivity index (χ1n) is 4.55. The third-order valence-corrected chi connectivity index (χ3v) is 3.57. The fraction of sp³-hybridized carbons (Fsp3) is 0.400. The van der Waals surface area contributed by atoms with Crippen molar-refractivity contribution in [3.8, 4) is 6.19 Å². The van der Waals surface area contributed by atoms with Crippen LogP contribution in [0.15, 0.2) is 18.3 Å². The van der Waals surface area contributed by atoms with Crippen LogP contribution in [-0.4, -0.2) is 19.7 Å². The monoisotopic (exact) mass is 257 g/mol. The molecule has 0 aliphatic carbocycles. The summed E-state index contributed by atoms with van der Waals surface area (Å²) in [7, 11) is -1.37. The molecule has 0 saturated heterocycles. The van der Waals surface area contributed by atoms with Crippen molar-refractivity contribution in [2.75, 3.05) is 6.26 Å². The molecule has 0 radical (unpaired) electrons. The van der Waals surface area contributed by atoms with Crippen LogP contribution in [0.2, 0.25) is 5.15 Å². The quantitative estimate of drug-likeness (QED) is 0.352. The van der Waals surface area contributed by atoms with Gasteiger partial charge in [-0.2, -0.15) is 3.95 Å². The topological polar surface area (TPSA) is 62.8 Å². The van der Waals surface area contributed by atoms with Crippen LogP contribution in [0.5, 0.6) is 0 Å². The van der Waals surface area contributed by atoms with Gasteiger partial charge in [0.2, 0.25) is 0 Å². The van der Waals surface area contributed by atoms with Gasteiger partial charge in [0.15, 0.2) is 5.26 Å². The first kappa shape index (κ1) is 13.1. The summed E-state index contributed by atoms with van der Waals surface area (Å²) in [5.74, 6) is 0. The van der Waals surface area contributed by atoms with Gasteiger partial charge in [0.05, 0.1) is 0 Å². The normalized spacial score (nSPS) is 14.1. The smallest absolute Gasteiger partial charge is 0.465 e. The average Bonchev–Trinajstić information content (AvgIpc) is 2.18. The Labute approximate surface area is 102 Å². The van der Waals surface area contributed by atoms with Crippen molar-refractivity contribution in [2.45, 2.75) is 19.4 Å². The van der Waals surface area contributed by atoms with E-state index in [1.54, 1.807) is 18.3 Å². The van der Waals surface area contributed by atoms with E-state index in [1.165, 1.54) is 10.2 Å². The number of hydrogen-bond acceptors (Lipinski definition) is 3. The molecular weight excluding hydrogens is 246 g/mol. The molecule has 0 fully saturated rings. The molecule has 1 atom stereocenters. The molecule has 0 aromatic carbocycles. The first-order chi connectivity index (χ1) is 7.39. The molecule has 6 heteroatoms. The molecule has 0 saturated carbocycles. The lowest BCUT2D eigenvalue weighted by Gasteiger charge is -2.24. The van der Waals surface area contributed by atoms with E-state index >= 15 is 0 Å². The lowest BCUT2D eigenvalue weighted by atomic mass is 9.96. The Morgan fingerprint density at radius 2 is 2.19 bits per heavy atom. The van der Waals surface area contributed by atoms with Gasteiger partial charge in [-0.1, -0.05) is 11.6 Å². The molecule has 16 heavy (non-hydrogen) atoms. The molecule has 0 N–H and O–H groups in total. The van der Waals surface area contributed by atoms with E-state index < -0.39 is 16.5 Å². The van der Waals surface area contributed by atoms with Gasteiger partial charge in [0.25, 0.3) is 0 Å². The highest BCUT2D eigenvalue weighted by Crippen LogP contribution is 2.24. The maximum Gasteiger partial charge on any atom is 0.465 e. The fourth-order valence-corrected chi connectivity index (χ4v) is 2.33. The SMILES string of the molecule is CS([O-])=[N+](C#N)C(C)(C)c1ccc(Cl)nc1. The summed E-state index contributed by atoms with van der Waals surface area (Å²) < 4.78 is 12.7. The zero-order chi connectivity index (χ0) is 12.3. The van der Waals surface area contributed by atoms with Crippen LogP contribution < -0.4 is 0 Å². The van der Waals surface area contributed by atoms with E-state index in [1.807, 2.05) is 20.0 Å². The summed E-state index contributed by atoms with van der Waals surface area (Å²) in [5, 5.41) is 9.37. The van der Waals surface area contributed by atoms with Crippen LogP contribution in [0, 0.1) is 11.5 Å². The first-order valence-corrected chi connectivity index (χ1v) is 6.44. The van der Waals surface area contributed by atoms with E-state index in [9.17, 15) is 4.55 Å². The molecule has 0 aliphatic rings. The zero-order valence-electron chi connectivity index (χ0n) is 9.27. The maximum atomic E-state index is 11.4. The summed E-state index contributed by atoms with van der Waals surface area (Å²) in [6.45, 7) is 3.62. The Balaban J connectivity index is 3.27. The minimum absolute atomic E-state index is 0.390. The molecule has 1 rings (SSSR count). The van der Waals surface area contributed by atoms with Gasteiger partial charge in [-0.15, -0.1) is 11.0 Å². The van der Waals surface area contributed by atoms with Crippen molar-refractivity contribution in [3.05, 3.63) is 29.0 Å². The minimum Gasteiger partial charge on any atom is -0.772 e. The minimum atomic E-state index is -1.37. The number of nitrogens with zero attached hydrogens (tertiary/aromatic N) is 3. The molecule has 0 amide bonds. The van der Waals surface area contributed by atoms with Gasteiger partial charge in [-0.3, -0.25) is 0 Å². The van der Waals surface area contributed by atoms with Gasteiger partial charge in [0.1, 0.15) is 10.7 Å². The fourth-order valence-electron chi connectivity index (χ4n) is 1.36. The number of halogens is 1. The predicted molar refractivity (Wildman–Crippen MR) is 62.2 cm³/mol. The van der Waals surface area contributed by atoms with Crippen LogP contribution in [0.4, 0.5) is 0 Å². The highest BCUT2D eigenvalue weighted by molar-refractivity contribution is 7.78. The second-order valence-electron chi connectivity index (χ2n) is 3.75. The molecule has 86 valence electrons. The van der Waals surface area contributed by atoms with E-state index in [0.29, 0.717) is 5.15 Å². The van der Waals surface area contributed by atoms with Crippen molar-refractivity contribution in [1.82, 2.24) is 4.98 Å². The molecule has 1 unspecified atom stereocenters. The zero-order valence-corrected chi connectivity index (χ0v) is 10.8. The van der Waals surface area contributed by atoms with Crippen LogP contribution in [-0.2, 0) is 16.5 Å². The average molecular weight is 258 g/mol. The van der Waals surface area contributed by atoms with E-state index in [-0.39, 0.29) is 0 Å². The van der Waals surface area contributed by atoms with Gasteiger partial charge in [-0.05, 0) is 32.2 Å². The Hall–Kier alpha value is -0.960. The summed E-state index contributed by atoms with van der Waals surface area (Å²) in [6, 6.07) is 3.42. The third-order valence-electron chi connectivity index (χ3n) is 2.29. The summed E-state index contributed by atoms with van der Waals surface area (Å²) in [6.07, 6.45) is 4.98. The second kappa shape index (κ2) is 4.91. The number of hydrogen-bond donors (Lipinski definition) is 0. The van der Waals surface area contributed by atoms with E-state index in [2.05, 4.69) is 4.98 Å². The predicted octanol–water partition coefficient (Wildman–Crippen LogP) is 2.03. The number of rotatable bonds is 2. The Kier molecular flexibility index (Phi) is 4.03. The second-order valence-corrected chi connectivity index (χ2v) is 5.35. The number of nitriles is 1. The lowest BCUT2D eigenvalue weighted by Crippen LogP contribution is -2.32. The van der Waals surface area contributed by atoms with Crippen molar-refractivity contribution < 1.29 is 8.50 Å². The molecule has 0 bridgehead atoms. The summed E-state index contributed by atoms with van der Waals surface area (Å²) in [5.41, 5.74) is 0.111. The van der Waals surface area contributed by atoms with Gasteiger partial charge in [0, 0.05) is 11.8 Å². The highest BCUT2D eigenvalue weighted by Gasteiger charge is 2.30. The highest BCUT2D eigenvalue weighted by atomic mass is 35.5. The standard InChI is InChI=1S/C10H12ClN3OS/c1-10(2,14(7-12)16(3)15)8-4-5-9(11)13-6-8/h4-6H,1-3H3. The van der Waals surface area contributed by atoms with Gasteiger partial charge in [-0.25, -0.2) is 4.98 Å². The Morgan fingerprint density at radius 1 is 1.56 bits per heavy atom. The third kappa shape index (κ3) is 2.59. The molecule has 1 heterocycles. The lowest BCUT2D eigenvalue weighted by molar-refractivity contribution is -0.512. The Bertz CT molecular complexity index is 458. The van der Waals surface area contributed by atoms with E-state index in [4.69, 9.17) is 16.9 Å². The molecule has 0 spiro atoms. The molecular formula is C10H12ClN3OS. The summed E-state index contributed by atoms with van der Waals surface area (Å²) >= 11 is 5.69. The van der Waals surface area contributed by atoms with Crippen LogP contribution in [0.3, 0.4) is 0 Å². The molecule has 4 nitrogen and oxygen atoms in total. The number of aromatic nitrogens is 1. The Morgan fingerprint density at radius 3 is 2.56 bits per heavy atom. The van der Waals surface area contributed by atoms with Gasteiger partial charge >= 0.3 is 6.19 Å². The van der Waals surface area contributed by atoms with Gasteiger partial charge < -0.3 is 4.55 Å². The van der Waals surface area contributed by atoms with E-state index in [0.717, 1.165) is 5.56 Å². The van der Waals surface area contributed by atoms with Crippen molar-refractivity contribution in [2.24, 2.45) is 0 Å². The van der Waals surface area contributed by atoms with Crippen molar-refractivity contribution in [3.63, 3.8) is 0 Å². The van der Waals surface area contributed by atoms with Crippen LogP contribution in [0.1, 0.15) is 19.4 Å². The van der Waals surface area contributed by atoms with Crippen LogP contribution >= 0.6 is 11.6 Å². The van der Waals surface area contributed by atoms with Crippen molar-refractivity contribution >= 4 is 22.6 Å². The molecule has 0 aliphatic heterocycles. The van der Waals surface area contributed by atoms with Crippen LogP contribution in [0.25, 0.3) is 0 Å². The summed E-state index contributed by atoms with van der Waals surface area (Å²) in [4.78, 5) is 3.95. The molecule has 1 aromatic rings. The van der Waals surface area contributed by atoms with Crippen molar-refractivity contribution in [1.29, 1.82) is 5.26 Å².